The first kappa shape index (κ1) is 17.9. The number of anilines is 3. The number of hydrogen-bond acceptors (Lipinski definition) is 4. The molecule has 0 saturated heterocycles. The summed E-state index contributed by atoms with van der Waals surface area (Å²) in [7, 11) is 0. The number of benzene rings is 2. The van der Waals surface area contributed by atoms with E-state index >= 15 is 0 Å². The first-order valence-corrected chi connectivity index (χ1v) is 8.69. The Balaban J connectivity index is 1.78. The van der Waals surface area contributed by atoms with Gasteiger partial charge in [0.05, 0.1) is 12.4 Å². The zero-order chi connectivity index (χ0) is 18.5. The molecule has 0 aliphatic rings. The Kier molecular flexibility index (Phi) is 5.49. The highest BCUT2D eigenvalue weighted by Gasteiger charge is 2.13. The van der Waals surface area contributed by atoms with Crippen LogP contribution < -0.4 is 10.2 Å². The van der Waals surface area contributed by atoms with Crippen molar-refractivity contribution in [1.82, 2.24) is 9.97 Å². The molecular formula is C20H19ClN4O. The molecular weight excluding hydrogens is 348 g/mol. The van der Waals surface area contributed by atoms with Crippen LogP contribution in [-0.4, -0.2) is 22.4 Å². The molecule has 132 valence electrons. The molecule has 2 aromatic carbocycles. The van der Waals surface area contributed by atoms with Crippen molar-refractivity contribution in [3.05, 3.63) is 77.2 Å². The Hall–Kier alpha value is -2.92. The van der Waals surface area contributed by atoms with Crippen LogP contribution in [-0.2, 0) is 0 Å². The number of para-hydroxylation sites is 1. The zero-order valence-corrected chi connectivity index (χ0v) is 15.4. The van der Waals surface area contributed by atoms with E-state index < -0.39 is 0 Å². The molecule has 1 amide bonds. The minimum atomic E-state index is -0.322. The van der Waals surface area contributed by atoms with Gasteiger partial charge in [0, 0.05) is 22.9 Å². The summed E-state index contributed by atoms with van der Waals surface area (Å²) in [4.78, 5) is 23.1. The largest absolute Gasteiger partial charge is 0.325 e. The van der Waals surface area contributed by atoms with Crippen molar-refractivity contribution >= 4 is 34.7 Å². The van der Waals surface area contributed by atoms with E-state index in [0.717, 1.165) is 17.8 Å². The number of nitrogens with zero attached hydrogens (tertiary/aromatic N) is 3. The lowest BCUT2D eigenvalue weighted by atomic mass is 10.2. The van der Waals surface area contributed by atoms with Crippen LogP contribution in [0.15, 0.2) is 60.9 Å². The molecule has 1 aromatic heterocycles. The first-order chi connectivity index (χ1) is 12.6. The second-order valence-corrected chi connectivity index (χ2v) is 6.11. The second-order valence-electron chi connectivity index (χ2n) is 5.71. The van der Waals surface area contributed by atoms with Gasteiger partial charge in [-0.3, -0.25) is 4.79 Å². The van der Waals surface area contributed by atoms with Crippen molar-refractivity contribution < 1.29 is 4.79 Å². The number of rotatable bonds is 5. The molecule has 0 aliphatic heterocycles. The van der Waals surface area contributed by atoms with Gasteiger partial charge in [-0.1, -0.05) is 35.9 Å². The fourth-order valence-corrected chi connectivity index (χ4v) is 2.77. The van der Waals surface area contributed by atoms with E-state index in [1.807, 2.05) is 49.1 Å². The van der Waals surface area contributed by atoms with Gasteiger partial charge in [0.2, 0.25) is 0 Å². The molecule has 0 aliphatic carbocycles. The summed E-state index contributed by atoms with van der Waals surface area (Å²) in [5, 5.41) is 3.42. The highest BCUT2D eigenvalue weighted by atomic mass is 35.5. The van der Waals surface area contributed by atoms with E-state index in [4.69, 9.17) is 11.6 Å². The van der Waals surface area contributed by atoms with Crippen molar-refractivity contribution in [2.24, 2.45) is 0 Å². The maximum atomic E-state index is 12.4. The molecule has 0 fully saturated rings. The normalized spacial score (nSPS) is 10.4. The number of carbonyl (C=O) groups excluding carboxylic acids is 1. The number of aromatic nitrogens is 2. The van der Waals surface area contributed by atoms with Crippen molar-refractivity contribution in [2.45, 2.75) is 13.8 Å². The minimum Gasteiger partial charge on any atom is -0.325 e. The third-order valence-electron chi connectivity index (χ3n) is 4.05. The third kappa shape index (κ3) is 3.83. The standard InChI is InChI=1S/C20H19ClN4O/c1-3-25(15-8-5-4-6-9-15)19-13-22-18(12-23-19)20(26)24-17-11-7-10-16(21)14(17)2/h4-13H,3H2,1-2H3,(H,24,26). The fraction of sp³-hybridized carbons (Fsp3) is 0.150. The topological polar surface area (TPSA) is 58.1 Å². The number of halogens is 1. The van der Waals surface area contributed by atoms with Crippen LogP contribution in [0.5, 0.6) is 0 Å². The predicted octanol–water partition coefficient (Wildman–Crippen LogP) is 4.85. The SMILES string of the molecule is CCN(c1ccccc1)c1cnc(C(=O)Nc2cccc(Cl)c2C)cn1. The summed E-state index contributed by atoms with van der Waals surface area (Å²) in [6, 6.07) is 15.3. The van der Waals surface area contributed by atoms with Gasteiger partial charge in [-0.15, -0.1) is 0 Å². The van der Waals surface area contributed by atoms with Crippen molar-refractivity contribution in [3.8, 4) is 0 Å². The molecule has 6 heteroatoms. The summed E-state index contributed by atoms with van der Waals surface area (Å²) < 4.78 is 0. The number of carbonyl (C=O) groups is 1. The summed E-state index contributed by atoms with van der Waals surface area (Å²) in [6.07, 6.45) is 3.09. The van der Waals surface area contributed by atoms with Crippen LogP contribution in [0, 0.1) is 6.92 Å². The van der Waals surface area contributed by atoms with E-state index in [2.05, 4.69) is 15.3 Å². The van der Waals surface area contributed by atoms with Gasteiger partial charge in [-0.05, 0) is 43.7 Å². The summed E-state index contributed by atoms with van der Waals surface area (Å²) in [5.74, 6) is 0.367. The van der Waals surface area contributed by atoms with Gasteiger partial charge in [-0.2, -0.15) is 0 Å². The monoisotopic (exact) mass is 366 g/mol. The van der Waals surface area contributed by atoms with Crippen LogP contribution in [0.1, 0.15) is 23.0 Å². The molecule has 3 rings (SSSR count). The van der Waals surface area contributed by atoms with Gasteiger partial charge in [0.15, 0.2) is 5.82 Å². The van der Waals surface area contributed by atoms with Gasteiger partial charge >= 0.3 is 0 Å². The van der Waals surface area contributed by atoms with Crippen molar-refractivity contribution in [1.29, 1.82) is 0 Å². The number of hydrogen-bond donors (Lipinski definition) is 1. The average molecular weight is 367 g/mol. The molecule has 0 saturated carbocycles. The molecule has 26 heavy (non-hydrogen) atoms. The van der Waals surface area contributed by atoms with Gasteiger partial charge in [0.1, 0.15) is 5.69 Å². The van der Waals surface area contributed by atoms with Crippen LogP contribution >= 0.6 is 11.6 Å². The molecule has 1 N–H and O–H groups in total. The maximum Gasteiger partial charge on any atom is 0.275 e. The highest BCUT2D eigenvalue weighted by Crippen LogP contribution is 2.24. The van der Waals surface area contributed by atoms with Crippen LogP contribution in [0.25, 0.3) is 0 Å². The van der Waals surface area contributed by atoms with E-state index in [1.165, 1.54) is 6.20 Å². The zero-order valence-electron chi connectivity index (χ0n) is 14.6. The molecule has 0 spiro atoms. The Bertz CT molecular complexity index is 897. The van der Waals surface area contributed by atoms with E-state index in [1.54, 1.807) is 24.4 Å². The van der Waals surface area contributed by atoms with E-state index in [-0.39, 0.29) is 11.6 Å². The lowest BCUT2D eigenvalue weighted by Gasteiger charge is -2.21. The minimum absolute atomic E-state index is 0.247. The quantitative estimate of drug-likeness (QED) is 0.701. The molecule has 0 bridgehead atoms. The van der Waals surface area contributed by atoms with Crippen LogP contribution in [0.2, 0.25) is 5.02 Å². The second kappa shape index (κ2) is 7.97. The van der Waals surface area contributed by atoms with Crippen LogP contribution in [0.4, 0.5) is 17.2 Å². The lowest BCUT2D eigenvalue weighted by Crippen LogP contribution is -2.19. The van der Waals surface area contributed by atoms with E-state index in [9.17, 15) is 4.79 Å². The predicted molar refractivity (Wildman–Crippen MR) is 105 cm³/mol. The Morgan fingerprint density at radius 3 is 2.50 bits per heavy atom. The molecule has 0 radical (unpaired) electrons. The molecule has 3 aromatic rings. The van der Waals surface area contributed by atoms with Crippen LogP contribution in [0.3, 0.4) is 0 Å². The van der Waals surface area contributed by atoms with Gasteiger partial charge in [0.25, 0.3) is 5.91 Å². The van der Waals surface area contributed by atoms with Crippen molar-refractivity contribution in [2.75, 3.05) is 16.8 Å². The fourth-order valence-electron chi connectivity index (χ4n) is 2.59. The highest BCUT2D eigenvalue weighted by molar-refractivity contribution is 6.31. The average Bonchev–Trinajstić information content (AvgIpc) is 2.67. The first-order valence-electron chi connectivity index (χ1n) is 8.31. The number of nitrogens with one attached hydrogen (secondary N) is 1. The van der Waals surface area contributed by atoms with E-state index in [0.29, 0.717) is 16.5 Å². The third-order valence-corrected chi connectivity index (χ3v) is 4.46. The number of amides is 1. The Morgan fingerprint density at radius 1 is 1.08 bits per heavy atom. The summed E-state index contributed by atoms with van der Waals surface area (Å²) in [6.45, 7) is 4.63. The van der Waals surface area contributed by atoms with Gasteiger partial charge in [-0.25, -0.2) is 9.97 Å². The molecule has 1 heterocycles. The smallest absolute Gasteiger partial charge is 0.275 e. The van der Waals surface area contributed by atoms with Crippen molar-refractivity contribution in [3.63, 3.8) is 0 Å². The molecule has 0 atom stereocenters. The Morgan fingerprint density at radius 2 is 1.85 bits per heavy atom. The molecule has 0 unspecified atom stereocenters. The Labute approximate surface area is 157 Å². The summed E-state index contributed by atoms with van der Waals surface area (Å²) in [5.41, 5.74) is 2.74. The molecule has 5 nitrogen and oxygen atoms in total. The lowest BCUT2D eigenvalue weighted by molar-refractivity contribution is 0.102. The van der Waals surface area contributed by atoms with Gasteiger partial charge < -0.3 is 10.2 Å². The summed E-state index contributed by atoms with van der Waals surface area (Å²) >= 11 is 6.09. The maximum absolute atomic E-state index is 12.4.